The SMILES string of the molecule is CCNC(=O)NC(=O)C(C)Sc1nnc(-c2c[nH]c3ccccc23)n1C1CC1. The van der Waals surface area contributed by atoms with Gasteiger partial charge in [-0.2, -0.15) is 0 Å². The van der Waals surface area contributed by atoms with Crippen molar-refractivity contribution >= 4 is 34.6 Å². The molecule has 28 heavy (non-hydrogen) atoms. The third-order valence-electron chi connectivity index (χ3n) is 4.63. The zero-order chi connectivity index (χ0) is 19.7. The number of carbonyl (C=O) groups excluding carboxylic acids is 2. The molecule has 146 valence electrons. The Hall–Kier alpha value is -2.81. The molecule has 0 saturated heterocycles. The number of nitrogens with zero attached hydrogens (tertiary/aromatic N) is 3. The summed E-state index contributed by atoms with van der Waals surface area (Å²) >= 11 is 1.32. The third kappa shape index (κ3) is 3.62. The first-order chi connectivity index (χ1) is 13.6. The standard InChI is InChI=1S/C19H22N6O2S/c1-3-20-18(27)22-17(26)11(2)28-19-24-23-16(25(19)12-8-9-12)14-10-21-15-7-5-4-6-13(14)15/h4-7,10-12,21H,3,8-9H2,1-2H3,(H2,20,22,26,27). The fraction of sp³-hybridized carbons (Fsp3) is 0.368. The highest BCUT2D eigenvalue weighted by atomic mass is 32.2. The van der Waals surface area contributed by atoms with Gasteiger partial charge in [0.25, 0.3) is 0 Å². The Morgan fingerprint density at radius 2 is 2.11 bits per heavy atom. The number of amides is 3. The van der Waals surface area contributed by atoms with Crippen molar-refractivity contribution in [2.75, 3.05) is 6.54 Å². The highest BCUT2D eigenvalue weighted by molar-refractivity contribution is 8.00. The highest BCUT2D eigenvalue weighted by Gasteiger charge is 2.32. The van der Waals surface area contributed by atoms with Gasteiger partial charge in [0.05, 0.1) is 5.25 Å². The van der Waals surface area contributed by atoms with E-state index >= 15 is 0 Å². The molecule has 1 aliphatic carbocycles. The topological polar surface area (TPSA) is 105 Å². The van der Waals surface area contributed by atoms with E-state index in [4.69, 9.17) is 0 Å². The number of aromatic amines is 1. The Bertz CT molecular complexity index is 1020. The van der Waals surface area contributed by atoms with Crippen LogP contribution in [0.3, 0.4) is 0 Å². The summed E-state index contributed by atoms with van der Waals surface area (Å²) in [5, 5.41) is 15.0. The average Bonchev–Trinajstić information content (AvgIpc) is 3.29. The van der Waals surface area contributed by atoms with E-state index in [0.717, 1.165) is 35.1 Å². The van der Waals surface area contributed by atoms with Crippen molar-refractivity contribution in [1.29, 1.82) is 0 Å². The Morgan fingerprint density at radius 3 is 2.86 bits per heavy atom. The van der Waals surface area contributed by atoms with Crippen molar-refractivity contribution in [2.24, 2.45) is 0 Å². The van der Waals surface area contributed by atoms with Crippen molar-refractivity contribution in [3.63, 3.8) is 0 Å². The Labute approximate surface area is 166 Å². The van der Waals surface area contributed by atoms with Crippen molar-refractivity contribution in [2.45, 2.75) is 43.1 Å². The Morgan fingerprint density at radius 1 is 1.32 bits per heavy atom. The van der Waals surface area contributed by atoms with Crippen LogP contribution < -0.4 is 10.6 Å². The van der Waals surface area contributed by atoms with Gasteiger partial charge in [0, 0.05) is 35.2 Å². The lowest BCUT2D eigenvalue weighted by atomic mass is 10.1. The fourth-order valence-corrected chi connectivity index (χ4v) is 4.01. The average molecular weight is 398 g/mol. The number of hydrogen-bond acceptors (Lipinski definition) is 5. The fourth-order valence-electron chi connectivity index (χ4n) is 3.09. The number of carbonyl (C=O) groups is 2. The van der Waals surface area contributed by atoms with Gasteiger partial charge >= 0.3 is 6.03 Å². The molecule has 3 amide bonds. The van der Waals surface area contributed by atoms with Gasteiger partial charge in [0.15, 0.2) is 11.0 Å². The smallest absolute Gasteiger partial charge is 0.321 e. The summed E-state index contributed by atoms with van der Waals surface area (Å²) in [4.78, 5) is 27.2. The molecule has 0 bridgehead atoms. The molecule has 1 aromatic carbocycles. The lowest BCUT2D eigenvalue weighted by molar-refractivity contribution is -0.119. The molecule has 2 aromatic heterocycles. The second kappa shape index (κ2) is 7.67. The first-order valence-electron chi connectivity index (χ1n) is 9.35. The molecule has 0 spiro atoms. The number of urea groups is 1. The van der Waals surface area contributed by atoms with E-state index in [1.54, 1.807) is 13.8 Å². The normalized spacial score (nSPS) is 14.8. The lowest BCUT2D eigenvalue weighted by Gasteiger charge is -2.13. The van der Waals surface area contributed by atoms with Crippen LogP contribution >= 0.6 is 11.8 Å². The van der Waals surface area contributed by atoms with E-state index in [0.29, 0.717) is 17.7 Å². The zero-order valence-electron chi connectivity index (χ0n) is 15.7. The number of para-hydroxylation sites is 1. The summed E-state index contributed by atoms with van der Waals surface area (Å²) in [5.41, 5.74) is 2.05. The van der Waals surface area contributed by atoms with Crippen LogP contribution in [-0.2, 0) is 4.79 Å². The number of fused-ring (bicyclic) bond motifs is 1. The van der Waals surface area contributed by atoms with Gasteiger partial charge in [0.2, 0.25) is 5.91 Å². The van der Waals surface area contributed by atoms with Gasteiger partial charge in [-0.25, -0.2) is 4.79 Å². The van der Waals surface area contributed by atoms with E-state index < -0.39 is 11.3 Å². The zero-order valence-corrected chi connectivity index (χ0v) is 16.5. The first-order valence-corrected chi connectivity index (χ1v) is 10.2. The molecule has 2 heterocycles. The molecule has 3 aromatic rings. The van der Waals surface area contributed by atoms with Crippen molar-refractivity contribution < 1.29 is 9.59 Å². The molecule has 4 rings (SSSR count). The monoisotopic (exact) mass is 398 g/mol. The number of hydrogen-bond donors (Lipinski definition) is 3. The molecule has 9 heteroatoms. The number of imide groups is 1. The minimum Gasteiger partial charge on any atom is -0.360 e. The molecule has 1 unspecified atom stereocenters. The highest BCUT2D eigenvalue weighted by Crippen LogP contribution is 2.42. The van der Waals surface area contributed by atoms with Gasteiger partial charge in [-0.3, -0.25) is 14.7 Å². The summed E-state index contributed by atoms with van der Waals surface area (Å²) in [7, 11) is 0. The van der Waals surface area contributed by atoms with Gasteiger partial charge in [-0.15, -0.1) is 10.2 Å². The van der Waals surface area contributed by atoms with E-state index in [9.17, 15) is 9.59 Å². The van der Waals surface area contributed by atoms with Gasteiger partial charge in [-0.05, 0) is 32.8 Å². The van der Waals surface area contributed by atoms with Crippen molar-refractivity contribution in [3.8, 4) is 11.4 Å². The van der Waals surface area contributed by atoms with E-state index in [-0.39, 0.29) is 5.91 Å². The molecule has 3 N–H and O–H groups in total. The molecule has 8 nitrogen and oxygen atoms in total. The molecular formula is C19H22N6O2S. The first kappa shape index (κ1) is 18.5. The Kier molecular flexibility index (Phi) is 5.08. The summed E-state index contributed by atoms with van der Waals surface area (Å²) in [6.07, 6.45) is 4.09. The molecule has 1 fully saturated rings. The third-order valence-corrected chi connectivity index (χ3v) is 5.69. The van der Waals surface area contributed by atoms with Crippen LogP contribution in [0.15, 0.2) is 35.6 Å². The van der Waals surface area contributed by atoms with Gasteiger partial charge in [0.1, 0.15) is 0 Å². The predicted molar refractivity (Wildman–Crippen MR) is 108 cm³/mol. The number of thioether (sulfide) groups is 1. The Balaban J connectivity index is 1.59. The van der Waals surface area contributed by atoms with Gasteiger partial charge in [-0.1, -0.05) is 30.0 Å². The van der Waals surface area contributed by atoms with Crippen LogP contribution in [0.5, 0.6) is 0 Å². The van der Waals surface area contributed by atoms with Crippen LogP contribution in [-0.4, -0.2) is 43.5 Å². The number of rotatable bonds is 6. The maximum absolute atomic E-state index is 12.3. The van der Waals surface area contributed by atoms with Crippen LogP contribution in [0, 0.1) is 0 Å². The maximum atomic E-state index is 12.3. The number of aromatic nitrogens is 4. The molecule has 1 aliphatic rings. The molecular weight excluding hydrogens is 376 g/mol. The maximum Gasteiger partial charge on any atom is 0.321 e. The predicted octanol–water partition coefficient (Wildman–Crippen LogP) is 3.09. The van der Waals surface area contributed by atoms with E-state index in [1.165, 1.54) is 11.8 Å². The summed E-state index contributed by atoms with van der Waals surface area (Å²) in [5.74, 6) is 0.453. The van der Waals surface area contributed by atoms with Crippen LogP contribution in [0.4, 0.5) is 4.79 Å². The minimum atomic E-state index is -0.483. The number of benzene rings is 1. The summed E-state index contributed by atoms with van der Waals surface area (Å²) < 4.78 is 2.12. The van der Waals surface area contributed by atoms with E-state index in [1.807, 2.05) is 24.4 Å². The second-order valence-electron chi connectivity index (χ2n) is 6.76. The van der Waals surface area contributed by atoms with Crippen molar-refractivity contribution in [3.05, 3.63) is 30.5 Å². The quantitative estimate of drug-likeness (QED) is 0.554. The second-order valence-corrected chi connectivity index (χ2v) is 8.07. The molecule has 1 saturated carbocycles. The molecule has 0 radical (unpaired) electrons. The summed E-state index contributed by atoms with van der Waals surface area (Å²) in [6.45, 7) is 4.02. The summed E-state index contributed by atoms with van der Waals surface area (Å²) in [6, 6.07) is 7.94. The van der Waals surface area contributed by atoms with Crippen LogP contribution in [0.25, 0.3) is 22.3 Å². The van der Waals surface area contributed by atoms with Crippen LogP contribution in [0.1, 0.15) is 32.7 Å². The number of nitrogens with one attached hydrogen (secondary N) is 3. The number of H-pyrrole nitrogens is 1. The van der Waals surface area contributed by atoms with Gasteiger partial charge < -0.3 is 10.3 Å². The van der Waals surface area contributed by atoms with E-state index in [2.05, 4.69) is 36.4 Å². The minimum absolute atomic E-state index is 0.347. The largest absolute Gasteiger partial charge is 0.360 e. The van der Waals surface area contributed by atoms with Crippen molar-refractivity contribution in [1.82, 2.24) is 30.4 Å². The molecule has 0 aliphatic heterocycles. The lowest BCUT2D eigenvalue weighted by Crippen LogP contribution is -2.42. The van der Waals surface area contributed by atoms with Crippen LogP contribution in [0.2, 0.25) is 0 Å². The molecule has 1 atom stereocenters.